The highest BCUT2D eigenvalue weighted by Crippen LogP contribution is 2.35. The van der Waals surface area contributed by atoms with Crippen molar-refractivity contribution in [2.24, 2.45) is 11.1 Å². The normalized spacial score (nSPS) is 13.2. The third-order valence-corrected chi connectivity index (χ3v) is 3.06. The minimum atomic E-state index is -0.0486. The quantitative estimate of drug-likeness (QED) is 0.807. The van der Waals surface area contributed by atoms with Crippen LogP contribution in [0.5, 0.6) is 0 Å². The summed E-state index contributed by atoms with van der Waals surface area (Å²) >= 11 is 9.51. The SMILES string of the molecule is CC(C)(C)[C@@H](N)c1cc(Br)ccc1Cl.Cl. The van der Waals surface area contributed by atoms with Crippen LogP contribution >= 0.6 is 39.9 Å². The molecule has 1 rings (SSSR count). The zero-order valence-corrected chi connectivity index (χ0v) is 12.2. The van der Waals surface area contributed by atoms with Crippen LogP contribution in [-0.2, 0) is 0 Å². The molecule has 0 unspecified atom stereocenters. The van der Waals surface area contributed by atoms with Crippen LogP contribution in [0.25, 0.3) is 0 Å². The van der Waals surface area contributed by atoms with Crippen molar-refractivity contribution in [3.8, 4) is 0 Å². The average Bonchev–Trinajstić information content (AvgIpc) is 2.06. The third kappa shape index (κ3) is 3.95. The van der Waals surface area contributed by atoms with E-state index in [1.54, 1.807) is 0 Å². The predicted molar refractivity (Wildman–Crippen MR) is 72.8 cm³/mol. The Morgan fingerprint density at radius 3 is 2.33 bits per heavy atom. The van der Waals surface area contributed by atoms with Gasteiger partial charge in [-0.05, 0) is 29.2 Å². The summed E-state index contributed by atoms with van der Waals surface area (Å²) in [7, 11) is 0. The Morgan fingerprint density at radius 2 is 1.87 bits per heavy atom. The smallest absolute Gasteiger partial charge is 0.0454 e. The number of hydrogen-bond donors (Lipinski definition) is 1. The third-order valence-electron chi connectivity index (χ3n) is 2.23. The Balaban J connectivity index is 0.00000196. The maximum atomic E-state index is 6.14. The van der Waals surface area contributed by atoms with Gasteiger partial charge in [0.25, 0.3) is 0 Å². The van der Waals surface area contributed by atoms with Crippen LogP contribution in [-0.4, -0.2) is 0 Å². The van der Waals surface area contributed by atoms with Gasteiger partial charge in [0.2, 0.25) is 0 Å². The fourth-order valence-corrected chi connectivity index (χ4v) is 1.83. The largest absolute Gasteiger partial charge is 0.323 e. The predicted octanol–water partition coefficient (Wildman–Crippen LogP) is 4.57. The van der Waals surface area contributed by atoms with Crippen LogP contribution in [0.4, 0.5) is 0 Å². The fraction of sp³-hybridized carbons (Fsp3) is 0.455. The van der Waals surface area contributed by atoms with Gasteiger partial charge in [-0.25, -0.2) is 0 Å². The molecule has 1 atom stereocenters. The molecule has 0 spiro atoms. The molecule has 4 heteroatoms. The van der Waals surface area contributed by atoms with E-state index in [1.807, 2.05) is 18.2 Å². The summed E-state index contributed by atoms with van der Waals surface area (Å²) < 4.78 is 1.01. The lowest BCUT2D eigenvalue weighted by Crippen LogP contribution is -2.26. The van der Waals surface area contributed by atoms with Crippen molar-refractivity contribution < 1.29 is 0 Å². The molecule has 1 nitrogen and oxygen atoms in total. The van der Waals surface area contributed by atoms with Gasteiger partial charge in [-0.1, -0.05) is 48.3 Å². The van der Waals surface area contributed by atoms with Gasteiger partial charge in [0, 0.05) is 15.5 Å². The summed E-state index contributed by atoms with van der Waals surface area (Å²) in [6.07, 6.45) is 0. The average molecular weight is 313 g/mol. The zero-order valence-electron chi connectivity index (χ0n) is 9.05. The molecule has 0 heterocycles. The summed E-state index contributed by atoms with van der Waals surface area (Å²) in [5, 5.41) is 0.732. The zero-order chi connectivity index (χ0) is 10.9. The number of benzene rings is 1. The summed E-state index contributed by atoms with van der Waals surface area (Å²) in [6, 6.07) is 5.72. The summed E-state index contributed by atoms with van der Waals surface area (Å²) in [6.45, 7) is 6.32. The summed E-state index contributed by atoms with van der Waals surface area (Å²) in [5.74, 6) is 0. The summed E-state index contributed by atoms with van der Waals surface area (Å²) in [5.41, 5.74) is 7.15. The highest BCUT2D eigenvalue weighted by Gasteiger charge is 2.24. The van der Waals surface area contributed by atoms with E-state index in [-0.39, 0.29) is 23.9 Å². The monoisotopic (exact) mass is 311 g/mol. The standard InChI is InChI=1S/C11H15BrClN.ClH/c1-11(2,3)10(14)8-6-7(12)4-5-9(8)13;/h4-6,10H,14H2,1-3H3;1H/t10-;/m0./s1. The molecule has 0 aliphatic carbocycles. The molecule has 0 aliphatic rings. The molecule has 2 N–H and O–H groups in total. The van der Waals surface area contributed by atoms with Crippen LogP contribution in [0.15, 0.2) is 22.7 Å². The van der Waals surface area contributed by atoms with E-state index in [4.69, 9.17) is 17.3 Å². The van der Waals surface area contributed by atoms with Crippen molar-refractivity contribution in [1.29, 1.82) is 0 Å². The number of rotatable bonds is 1. The van der Waals surface area contributed by atoms with E-state index in [0.717, 1.165) is 15.1 Å². The maximum Gasteiger partial charge on any atom is 0.0454 e. The Labute approximate surface area is 111 Å². The second-order valence-electron chi connectivity index (χ2n) is 4.51. The summed E-state index contributed by atoms with van der Waals surface area (Å²) in [4.78, 5) is 0. The van der Waals surface area contributed by atoms with Gasteiger partial charge in [-0.15, -0.1) is 12.4 Å². The first-order valence-electron chi connectivity index (χ1n) is 4.53. The number of hydrogen-bond acceptors (Lipinski definition) is 1. The Hall–Kier alpha value is 0.240. The maximum absolute atomic E-state index is 6.14. The Kier molecular flexibility index (Phi) is 5.62. The van der Waals surface area contributed by atoms with E-state index < -0.39 is 0 Å². The molecule has 0 saturated heterocycles. The number of halogens is 3. The molecule has 0 aromatic heterocycles. The van der Waals surface area contributed by atoms with Crippen molar-refractivity contribution in [1.82, 2.24) is 0 Å². The highest BCUT2D eigenvalue weighted by molar-refractivity contribution is 9.10. The second-order valence-corrected chi connectivity index (χ2v) is 5.83. The second kappa shape index (κ2) is 5.53. The lowest BCUT2D eigenvalue weighted by molar-refractivity contribution is 0.327. The van der Waals surface area contributed by atoms with Crippen LogP contribution in [0.2, 0.25) is 5.02 Å². The molecular weight excluding hydrogens is 297 g/mol. The molecule has 0 bridgehead atoms. The van der Waals surface area contributed by atoms with E-state index in [0.29, 0.717) is 0 Å². The molecule has 86 valence electrons. The van der Waals surface area contributed by atoms with Crippen LogP contribution in [0.3, 0.4) is 0 Å². The van der Waals surface area contributed by atoms with Crippen molar-refractivity contribution in [3.05, 3.63) is 33.3 Å². The first-order valence-corrected chi connectivity index (χ1v) is 5.70. The van der Waals surface area contributed by atoms with Crippen LogP contribution in [0, 0.1) is 5.41 Å². The van der Waals surface area contributed by atoms with Gasteiger partial charge >= 0.3 is 0 Å². The molecule has 0 radical (unpaired) electrons. The molecule has 0 saturated carbocycles. The molecule has 15 heavy (non-hydrogen) atoms. The molecule has 1 aromatic carbocycles. The minimum Gasteiger partial charge on any atom is -0.323 e. The molecular formula is C11H16BrCl2N. The van der Waals surface area contributed by atoms with Crippen molar-refractivity contribution in [2.75, 3.05) is 0 Å². The Morgan fingerprint density at radius 1 is 1.33 bits per heavy atom. The first kappa shape index (κ1) is 15.2. The van der Waals surface area contributed by atoms with Crippen LogP contribution in [0.1, 0.15) is 32.4 Å². The fourth-order valence-electron chi connectivity index (χ4n) is 1.22. The van der Waals surface area contributed by atoms with E-state index in [9.17, 15) is 0 Å². The molecule has 0 fully saturated rings. The van der Waals surface area contributed by atoms with Gasteiger partial charge in [-0.3, -0.25) is 0 Å². The minimum absolute atomic E-state index is 0. The van der Waals surface area contributed by atoms with Gasteiger partial charge in [0.15, 0.2) is 0 Å². The van der Waals surface area contributed by atoms with E-state index in [1.165, 1.54) is 0 Å². The molecule has 1 aromatic rings. The van der Waals surface area contributed by atoms with Crippen molar-refractivity contribution >= 4 is 39.9 Å². The van der Waals surface area contributed by atoms with E-state index >= 15 is 0 Å². The molecule has 0 amide bonds. The van der Waals surface area contributed by atoms with Gasteiger partial charge < -0.3 is 5.73 Å². The van der Waals surface area contributed by atoms with Gasteiger partial charge in [0.1, 0.15) is 0 Å². The van der Waals surface area contributed by atoms with E-state index in [2.05, 4.69) is 36.7 Å². The van der Waals surface area contributed by atoms with Gasteiger partial charge in [-0.2, -0.15) is 0 Å². The Bertz CT molecular complexity index is 334. The highest BCUT2D eigenvalue weighted by atomic mass is 79.9. The van der Waals surface area contributed by atoms with Crippen molar-refractivity contribution in [2.45, 2.75) is 26.8 Å². The van der Waals surface area contributed by atoms with Crippen molar-refractivity contribution in [3.63, 3.8) is 0 Å². The molecule has 0 aliphatic heterocycles. The van der Waals surface area contributed by atoms with Gasteiger partial charge in [0.05, 0.1) is 0 Å². The topological polar surface area (TPSA) is 26.0 Å². The lowest BCUT2D eigenvalue weighted by atomic mass is 9.83. The number of nitrogens with two attached hydrogens (primary N) is 1. The first-order chi connectivity index (χ1) is 6.32. The lowest BCUT2D eigenvalue weighted by Gasteiger charge is -2.28. The van der Waals surface area contributed by atoms with Crippen LogP contribution < -0.4 is 5.73 Å².